The Labute approximate surface area is 317 Å². The van der Waals surface area contributed by atoms with Gasteiger partial charge in [-0.3, -0.25) is 0 Å². The molecule has 0 radical (unpaired) electrons. The maximum atomic E-state index is 12.2. The van der Waals surface area contributed by atoms with Gasteiger partial charge >= 0.3 is 0 Å². The number of benzene rings is 3. The number of sulfonamides is 3. The van der Waals surface area contributed by atoms with Crippen molar-refractivity contribution in [1.82, 2.24) is 18.6 Å². The van der Waals surface area contributed by atoms with Crippen molar-refractivity contribution in [3.05, 3.63) is 86.2 Å². The first kappa shape index (κ1) is 40.6. The van der Waals surface area contributed by atoms with Gasteiger partial charge in [-0.15, -0.1) is 0 Å². The van der Waals surface area contributed by atoms with Crippen molar-refractivity contribution in [3.8, 4) is 0 Å². The standard InChI is InChI=1S/C12H17BrN2O2S.C11H14BrNO2S.C10H12BrNO2S/c1-15-8-6-11(7-9-15)14-18(16,17)12-4-2-10(13)3-5-12;12-10-4-6-11(7-5-10)16(14,15)13-8-2-1-3-9-13;11-8-4-6-10(7-5-8)15(13,14)12-9-2-1-3-9/h2-5,11,14H,6-9H2,1H3;4-7H,1-3,8-9H2;4-7,9,12H,1-3H2. The molecule has 0 atom stereocenters. The van der Waals surface area contributed by atoms with Crippen molar-refractivity contribution in [1.29, 1.82) is 0 Å². The number of rotatable bonds is 8. The molecular formula is C33H43Br3N4O6S3. The van der Waals surface area contributed by atoms with Crippen molar-refractivity contribution in [2.24, 2.45) is 0 Å². The van der Waals surface area contributed by atoms with E-state index < -0.39 is 30.1 Å². The van der Waals surface area contributed by atoms with Gasteiger partial charge in [0.05, 0.1) is 14.7 Å². The molecule has 2 saturated heterocycles. The second kappa shape index (κ2) is 18.5. The van der Waals surface area contributed by atoms with Crippen LogP contribution in [0, 0.1) is 0 Å². The molecule has 1 aliphatic carbocycles. The number of piperidine rings is 2. The van der Waals surface area contributed by atoms with Crippen molar-refractivity contribution in [2.45, 2.75) is 78.1 Å². The van der Waals surface area contributed by atoms with Crippen LogP contribution in [0.3, 0.4) is 0 Å². The molecular weight excluding hydrogens is 884 g/mol. The molecule has 3 aromatic rings. The summed E-state index contributed by atoms with van der Waals surface area (Å²) in [5, 5.41) is 0. The number of hydrogen-bond donors (Lipinski definition) is 2. The Morgan fingerprint density at radius 1 is 0.510 bits per heavy atom. The van der Waals surface area contributed by atoms with Crippen LogP contribution in [0.25, 0.3) is 0 Å². The number of hydrogen-bond acceptors (Lipinski definition) is 7. The van der Waals surface area contributed by atoms with Crippen LogP contribution in [-0.4, -0.2) is 79.8 Å². The predicted molar refractivity (Wildman–Crippen MR) is 204 cm³/mol. The Kier molecular flexibility index (Phi) is 15.3. The lowest BCUT2D eigenvalue weighted by molar-refractivity contribution is 0.248. The number of likely N-dealkylation sites (tertiary alicyclic amines) is 1. The number of nitrogens with one attached hydrogen (secondary N) is 2. The molecule has 2 N–H and O–H groups in total. The average molecular weight is 928 g/mol. The minimum absolute atomic E-state index is 0.0508. The largest absolute Gasteiger partial charge is 0.306 e. The Morgan fingerprint density at radius 2 is 0.878 bits per heavy atom. The summed E-state index contributed by atoms with van der Waals surface area (Å²) < 4.78 is 82.1. The summed E-state index contributed by atoms with van der Waals surface area (Å²) >= 11 is 9.87. The van der Waals surface area contributed by atoms with Gasteiger partial charge < -0.3 is 4.90 Å². The van der Waals surface area contributed by atoms with E-state index in [1.54, 1.807) is 77.1 Å². The quantitative estimate of drug-likeness (QED) is 0.256. The van der Waals surface area contributed by atoms with Crippen molar-refractivity contribution >= 4 is 77.9 Å². The maximum Gasteiger partial charge on any atom is 0.243 e. The van der Waals surface area contributed by atoms with Crippen molar-refractivity contribution < 1.29 is 25.3 Å². The fourth-order valence-corrected chi connectivity index (χ4v) is 10.2. The molecule has 0 spiro atoms. The van der Waals surface area contributed by atoms with Crippen LogP contribution in [0.2, 0.25) is 0 Å². The second-order valence-corrected chi connectivity index (χ2v) is 20.4. The third-order valence-electron chi connectivity index (χ3n) is 8.48. The van der Waals surface area contributed by atoms with E-state index in [0.29, 0.717) is 27.8 Å². The van der Waals surface area contributed by atoms with Crippen LogP contribution < -0.4 is 9.44 Å². The predicted octanol–water partition coefficient (Wildman–Crippen LogP) is 6.73. The summed E-state index contributed by atoms with van der Waals surface area (Å²) in [7, 11) is -7.90. The number of halogens is 3. The highest BCUT2D eigenvalue weighted by molar-refractivity contribution is 9.11. The van der Waals surface area contributed by atoms with Gasteiger partial charge in [-0.2, -0.15) is 4.31 Å². The van der Waals surface area contributed by atoms with Gasteiger partial charge in [0, 0.05) is 38.6 Å². The molecule has 0 aromatic heterocycles. The first-order valence-corrected chi connectivity index (χ1v) is 22.9. The Hall–Kier alpha value is -1.21. The molecule has 49 heavy (non-hydrogen) atoms. The molecule has 6 rings (SSSR count). The summed E-state index contributed by atoms with van der Waals surface area (Å²) in [5.41, 5.74) is 0. The topological polar surface area (TPSA) is 133 Å². The van der Waals surface area contributed by atoms with Gasteiger partial charge in [-0.25, -0.2) is 34.7 Å². The Morgan fingerprint density at radius 3 is 1.24 bits per heavy atom. The van der Waals surface area contributed by atoms with E-state index >= 15 is 0 Å². The summed E-state index contributed by atoms with van der Waals surface area (Å²) in [4.78, 5) is 3.25. The fraction of sp³-hybridized carbons (Fsp3) is 0.455. The second-order valence-electron chi connectivity index (χ2n) is 12.3. The average Bonchev–Trinajstić information content (AvgIpc) is 3.06. The molecule has 0 bridgehead atoms. The zero-order valence-corrected chi connectivity index (χ0v) is 34.5. The molecule has 2 heterocycles. The third kappa shape index (κ3) is 12.5. The van der Waals surface area contributed by atoms with Crippen molar-refractivity contribution in [2.75, 3.05) is 33.2 Å². The summed E-state index contributed by atoms with van der Waals surface area (Å²) in [5.74, 6) is 0. The van der Waals surface area contributed by atoms with Crippen LogP contribution in [0.1, 0.15) is 51.4 Å². The fourth-order valence-electron chi connectivity index (χ4n) is 5.32. The first-order valence-electron chi connectivity index (χ1n) is 16.2. The van der Waals surface area contributed by atoms with Gasteiger partial charge in [0.15, 0.2) is 0 Å². The summed E-state index contributed by atoms with van der Waals surface area (Å²) in [6, 6.07) is 20.4. The van der Waals surface area contributed by atoms with Crippen LogP contribution >= 0.6 is 47.8 Å². The van der Waals surface area contributed by atoms with Gasteiger partial charge in [-0.05, 0) is 131 Å². The van der Waals surface area contributed by atoms with Crippen LogP contribution in [0.4, 0.5) is 0 Å². The maximum absolute atomic E-state index is 12.2. The van der Waals surface area contributed by atoms with Crippen LogP contribution in [0.15, 0.2) is 101 Å². The zero-order chi connectivity index (χ0) is 35.7. The van der Waals surface area contributed by atoms with Gasteiger partial charge in [0.2, 0.25) is 30.1 Å². The van der Waals surface area contributed by atoms with E-state index in [9.17, 15) is 25.3 Å². The first-order chi connectivity index (χ1) is 23.2. The van der Waals surface area contributed by atoms with E-state index in [1.165, 1.54) is 0 Å². The Balaban J connectivity index is 0.000000166. The minimum atomic E-state index is -3.38. The highest BCUT2D eigenvalue weighted by Crippen LogP contribution is 2.23. The molecule has 16 heteroatoms. The Bertz CT molecular complexity index is 1810. The zero-order valence-electron chi connectivity index (χ0n) is 27.3. The smallest absolute Gasteiger partial charge is 0.243 e. The van der Waals surface area contributed by atoms with E-state index in [1.807, 2.05) is 0 Å². The molecule has 1 saturated carbocycles. The molecule has 3 aromatic carbocycles. The number of nitrogens with zero attached hydrogens (tertiary/aromatic N) is 2. The van der Waals surface area contributed by atoms with E-state index in [-0.39, 0.29) is 12.1 Å². The lowest BCUT2D eigenvalue weighted by Crippen LogP contribution is -2.43. The third-order valence-corrected chi connectivity index (χ3v) is 15.1. The van der Waals surface area contributed by atoms with E-state index in [2.05, 4.69) is 69.2 Å². The molecule has 2 aliphatic heterocycles. The molecule has 10 nitrogen and oxygen atoms in total. The van der Waals surface area contributed by atoms with Crippen LogP contribution in [-0.2, 0) is 30.1 Å². The summed E-state index contributed by atoms with van der Waals surface area (Å²) in [6.45, 7) is 3.18. The highest BCUT2D eigenvalue weighted by Gasteiger charge is 2.26. The molecule has 3 aliphatic rings. The summed E-state index contributed by atoms with van der Waals surface area (Å²) in [6.07, 6.45) is 7.83. The van der Waals surface area contributed by atoms with Gasteiger partial charge in [-0.1, -0.05) is 60.6 Å². The molecule has 0 unspecified atom stereocenters. The monoisotopic (exact) mass is 924 g/mol. The van der Waals surface area contributed by atoms with Gasteiger partial charge in [0.25, 0.3) is 0 Å². The van der Waals surface area contributed by atoms with Crippen molar-refractivity contribution in [3.63, 3.8) is 0 Å². The SMILES string of the molecule is CN1CCC(NS(=O)(=O)c2ccc(Br)cc2)CC1.O=S(=O)(NC1CCC1)c1ccc(Br)cc1.O=S(=O)(c1ccc(Br)cc1)N1CCCCC1. The van der Waals surface area contributed by atoms with Crippen LogP contribution in [0.5, 0.6) is 0 Å². The van der Waals surface area contributed by atoms with E-state index in [0.717, 1.165) is 77.9 Å². The lowest BCUT2D eigenvalue weighted by atomic mass is 9.94. The lowest BCUT2D eigenvalue weighted by Gasteiger charge is -2.29. The normalized spacial score (nSPS) is 18.4. The highest BCUT2D eigenvalue weighted by atomic mass is 79.9. The minimum Gasteiger partial charge on any atom is -0.306 e. The molecule has 270 valence electrons. The molecule has 3 fully saturated rings. The van der Waals surface area contributed by atoms with Gasteiger partial charge in [0.1, 0.15) is 0 Å². The van der Waals surface area contributed by atoms with E-state index in [4.69, 9.17) is 0 Å². The molecule has 0 amide bonds.